The van der Waals surface area contributed by atoms with E-state index in [1.165, 1.54) is 16.7 Å². The van der Waals surface area contributed by atoms with E-state index >= 15 is 4.39 Å². The van der Waals surface area contributed by atoms with E-state index in [0.717, 1.165) is 16.8 Å². The van der Waals surface area contributed by atoms with Crippen LogP contribution in [0.2, 0.25) is 5.02 Å². The van der Waals surface area contributed by atoms with Crippen molar-refractivity contribution >= 4 is 40.0 Å². The Kier molecular flexibility index (Phi) is 8.53. The number of carbonyl (C=O) groups is 1. The summed E-state index contributed by atoms with van der Waals surface area (Å²) in [5.74, 6) is -0.118. The van der Waals surface area contributed by atoms with E-state index < -0.39 is 11.5 Å². The molecule has 10 heteroatoms. The number of carbonyl (C=O) groups excluding carboxylic acids is 1. The maximum atomic E-state index is 15.1. The predicted molar refractivity (Wildman–Crippen MR) is 177 cm³/mol. The van der Waals surface area contributed by atoms with Crippen LogP contribution in [0, 0.1) is 12.7 Å². The number of fused-ring (bicyclic) bond motifs is 1. The number of amides is 1. The normalized spacial score (nSPS) is 17.0. The van der Waals surface area contributed by atoms with Gasteiger partial charge in [-0.2, -0.15) is 4.98 Å². The van der Waals surface area contributed by atoms with Crippen molar-refractivity contribution in [3.05, 3.63) is 87.6 Å². The molecule has 3 heterocycles. The lowest BCUT2D eigenvalue weighted by Crippen LogP contribution is -2.58. The van der Waals surface area contributed by atoms with Gasteiger partial charge in [-0.1, -0.05) is 44.2 Å². The molecule has 1 amide bonds. The van der Waals surface area contributed by atoms with E-state index in [2.05, 4.69) is 31.5 Å². The third-order valence-electron chi connectivity index (χ3n) is 8.32. The largest absolute Gasteiger partial charge is 0.378 e. The molecule has 0 saturated carbocycles. The zero-order valence-corrected chi connectivity index (χ0v) is 27.0. The molecule has 1 aliphatic rings. The molecule has 2 aromatic heterocycles. The summed E-state index contributed by atoms with van der Waals surface area (Å²) in [7, 11) is 3.95. The maximum absolute atomic E-state index is 15.1. The van der Waals surface area contributed by atoms with E-state index in [1.807, 2.05) is 50.7 Å². The molecule has 1 fully saturated rings. The van der Waals surface area contributed by atoms with Gasteiger partial charge in [0.15, 0.2) is 5.65 Å². The van der Waals surface area contributed by atoms with Gasteiger partial charge in [-0.3, -0.25) is 4.79 Å². The van der Waals surface area contributed by atoms with Crippen molar-refractivity contribution in [3.63, 3.8) is 0 Å². The second kappa shape index (κ2) is 12.0. The summed E-state index contributed by atoms with van der Waals surface area (Å²) in [6.07, 6.45) is 1.32. The zero-order chi connectivity index (χ0) is 32.0. The van der Waals surface area contributed by atoms with Gasteiger partial charge in [0.25, 0.3) is 0 Å². The van der Waals surface area contributed by atoms with Gasteiger partial charge in [0.1, 0.15) is 11.6 Å². The summed E-state index contributed by atoms with van der Waals surface area (Å²) in [6, 6.07) is 11.8. The molecule has 1 aliphatic heterocycles. The van der Waals surface area contributed by atoms with Crippen molar-refractivity contribution in [1.82, 2.24) is 19.4 Å². The number of aromatic nitrogens is 3. The number of hydrogen-bond donors (Lipinski definition) is 0. The predicted octanol–water partition coefficient (Wildman–Crippen LogP) is 6.35. The van der Waals surface area contributed by atoms with Crippen LogP contribution in [0.3, 0.4) is 0 Å². The summed E-state index contributed by atoms with van der Waals surface area (Å²) in [5.41, 5.74) is 3.82. The summed E-state index contributed by atoms with van der Waals surface area (Å²) < 4.78 is 16.6. The SMILES string of the molecule is C=CC(=O)N1C[C@H](C)N(c2nc(=O)n(-c3c(C)cc(N(C)C)cc3C(C)C)c3nc(-c4ccccc4F)c(Cl)cc23)C[C@H]1C. The second-order valence-corrected chi connectivity index (χ2v) is 12.4. The molecule has 2 aromatic carbocycles. The molecule has 4 aromatic rings. The minimum Gasteiger partial charge on any atom is -0.378 e. The fraction of sp³-hybridized carbons (Fsp3) is 0.353. The van der Waals surface area contributed by atoms with Crippen LogP contribution >= 0.6 is 11.6 Å². The Bertz CT molecular complexity index is 1840. The third-order valence-corrected chi connectivity index (χ3v) is 8.61. The first-order chi connectivity index (χ1) is 20.8. The lowest BCUT2D eigenvalue weighted by atomic mass is 9.96. The molecule has 0 unspecified atom stereocenters. The van der Waals surface area contributed by atoms with Crippen molar-refractivity contribution in [2.45, 2.75) is 52.6 Å². The van der Waals surface area contributed by atoms with Crippen LogP contribution in [0.4, 0.5) is 15.9 Å². The Hall–Kier alpha value is -4.24. The van der Waals surface area contributed by atoms with Crippen LogP contribution < -0.4 is 15.5 Å². The molecule has 44 heavy (non-hydrogen) atoms. The molecule has 2 atom stereocenters. The lowest BCUT2D eigenvalue weighted by molar-refractivity contribution is -0.128. The topological polar surface area (TPSA) is 74.6 Å². The molecular formula is C34H38ClFN6O2. The van der Waals surface area contributed by atoms with Crippen LogP contribution in [0.1, 0.15) is 44.7 Å². The Morgan fingerprint density at radius 1 is 1.11 bits per heavy atom. The minimum absolute atomic E-state index is 0.0694. The van der Waals surface area contributed by atoms with Crippen LogP contribution in [0.15, 0.2) is 59.9 Å². The Labute approximate surface area is 262 Å². The maximum Gasteiger partial charge on any atom is 0.355 e. The Morgan fingerprint density at radius 2 is 1.82 bits per heavy atom. The highest BCUT2D eigenvalue weighted by atomic mass is 35.5. The third kappa shape index (κ3) is 5.45. The number of piperazine rings is 1. The molecule has 5 rings (SSSR count). The summed E-state index contributed by atoms with van der Waals surface area (Å²) >= 11 is 6.84. The number of hydrogen-bond acceptors (Lipinski definition) is 6. The molecular weight excluding hydrogens is 579 g/mol. The van der Waals surface area contributed by atoms with Crippen LogP contribution in [0.25, 0.3) is 28.0 Å². The fourth-order valence-electron chi connectivity index (χ4n) is 6.01. The van der Waals surface area contributed by atoms with Gasteiger partial charge >= 0.3 is 5.69 Å². The Balaban J connectivity index is 1.84. The number of benzene rings is 2. The number of nitrogens with zero attached hydrogens (tertiary/aromatic N) is 6. The van der Waals surface area contributed by atoms with Gasteiger partial charge in [-0.05, 0) is 74.2 Å². The minimum atomic E-state index is -0.506. The van der Waals surface area contributed by atoms with Gasteiger partial charge in [-0.15, -0.1) is 0 Å². The van der Waals surface area contributed by atoms with Crippen molar-refractivity contribution in [3.8, 4) is 16.9 Å². The van der Waals surface area contributed by atoms with E-state index in [-0.39, 0.29) is 40.2 Å². The molecule has 0 aliphatic carbocycles. The highest BCUT2D eigenvalue weighted by Gasteiger charge is 2.34. The molecule has 0 radical (unpaired) electrons. The van der Waals surface area contributed by atoms with E-state index in [9.17, 15) is 9.59 Å². The van der Waals surface area contributed by atoms with Crippen LogP contribution in [-0.2, 0) is 4.79 Å². The number of pyridine rings is 1. The van der Waals surface area contributed by atoms with E-state index in [4.69, 9.17) is 16.6 Å². The highest BCUT2D eigenvalue weighted by molar-refractivity contribution is 6.33. The number of anilines is 2. The van der Waals surface area contributed by atoms with E-state index in [1.54, 1.807) is 29.2 Å². The number of halogens is 2. The molecule has 8 nitrogen and oxygen atoms in total. The summed E-state index contributed by atoms with van der Waals surface area (Å²) in [4.78, 5) is 42.2. The summed E-state index contributed by atoms with van der Waals surface area (Å²) in [5, 5.41) is 0.795. The average Bonchev–Trinajstić information content (AvgIpc) is 2.97. The zero-order valence-electron chi connectivity index (χ0n) is 26.2. The first-order valence-corrected chi connectivity index (χ1v) is 15.1. The highest BCUT2D eigenvalue weighted by Crippen LogP contribution is 2.37. The quantitative estimate of drug-likeness (QED) is 0.235. The van der Waals surface area contributed by atoms with Gasteiger partial charge in [0, 0.05) is 50.5 Å². The van der Waals surface area contributed by atoms with Gasteiger partial charge in [0.2, 0.25) is 5.91 Å². The van der Waals surface area contributed by atoms with Crippen molar-refractivity contribution < 1.29 is 9.18 Å². The van der Waals surface area contributed by atoms with Gasteiger partial charge in [0.05, 0.1) is 21.8 Å². The van der Waals surface area contributed by atoms with Crippen molar-refractivity contribution in [1.29, 1.82) is 0 Å². The second-order valence-electron chi connectivity index (χ2n) is 12.0. The molecule has 0 spiro atoms. The van der Waals surface area contributed by atoms with Crippen LogP contribution in [0.5, 0.6) is 0 Å². The number of rotatable bonds is 6. The molecule has 230 valence electrons. The van der Waals surface area contributed by atoms with E-state index in [0.29, 0.717) is 35.6 Å². The van der Waals surface area contributed by atoms with Crippen LogP contribution in [-0.4, -0.2) is 64.6 Å². The lowest BCUT2D eigenvalue weighted by Gasteiger charge is -2.44. The Morgan fingerprint density at radius 3 is 2.45 bits per heavy atom. The monoisotopic (exact) mass is 616 g/mol. The fourth-order valence-corrected chi connectivity index (χ4v) is 6.26. The standard InChI is InChI=1S/C34H38ClFN6O2/c1-9-29(43)40-17-22(6)41(18-21(40)5)32-26-16-27(35)30(24-12-10-11-13-28(24)36)37-33(26)42(34(44)38-32)31-20(4)14-23(39(7)8)15-25(31)19(2)3/h9-16,19,21-22H,1,17-18H2,2-8H3/t21-,22+/m1/s1. The van der Waals surface area contributed by atoms with Crippen molar-refractivity contribution in [2.75, 3.05) is 37.0 Å². The molecule has 0 bridgehead atoms. The molecule has 1 saturated heterocycles. The van der Waals surface area contributed by atoms with Gasteiger partial charge in [-0.25, -0.2) is 18.7 Å². The first kappa shape index (κ1) is 31.2. The first-order valence-electron chi connectivity index (χ1n) is 14.7. The molecule has 0 N–H and O–H groups in total. The van der Waals surface area contributed by atoms with Gasteiger partial charge < -0.3 is 14.7 Å². The summed E-state index contributed by atoms with van der Waals surface area (Å²) in [6.45, 7) is 14.6. The number of aryl methyl sites for hydroxylation is 1. The smallest absolute Gasteiger partial charge is 0.355 e. The van der Waals surface area contributed by atoms with Crippen molar-refractivity contribution in [2.24, 2.45) is 0 Å². The average molecular weight is 617 g/mol.